The van der Waals surface area contributed by atoms with Crippen LogP contribution in [0.15, 0.2) is 30.3 Å². The van der Waals surface area contributed by atoms with Crippen LogP contribution in [0.4, 0.5) is 19.1 Å². The molecule has 1 fully saturated rings. The van der Waals surface area contributed by atoms with E-state index in [4.69, 9.17) is 0 Å². The molecule has 5 nitrogen and oxygen atoms in total. The topological polar surface area (TPSA) is 66.9 Å². The van der Waals surface area contributed by atoms with E-state index < -0.39 is 23.6 Å². The zero-order valence-electron chi connectivity index (χ0n) is 13.7. The third-order valence-corrected chi connectivity index (χ3v) is 4.07. The predicted molar refractivity (Wildman–Crippen MR) is 85.6 cm³/mol. The summed E-state index contributed by atoms with van der Waals surface area (Å²) in [7, 11) is 0. The molecule has 8 heteroatoms. The molecule has 0 saturated heterocycles. The number of benzene rings is 1. The van der Waals surface area contributed by atoms with Crippen LogP contribution in [0.3, 0.4) is 0 Å². The van der Waals surface area contributed by atoms with Gasteiger partial charge in [0.15, 0.2) is 0 Å². The van der Waals surface area contributed by atoms with Crippen molar-refractivity contribution in [3.05, 3.63) is 52.8 Å². The lowest BCUT2D eigenvalue weighted by Gasteiger charge is -2.12. The average molecular weight is 350 g/mol. The van der Waals surface area contributed by atoms with E-state index in [2.05, 4.69) is 20.8 Å². The van der Waals surface area contributed by atoms with Crippen molar-refractivity contribution in [2.24, 2.45) is 5.92 Å². The largest absolute Gasteiger partial charge is 0.416 e. The standard InChI is InChI=1S/C17H17F3N4O/c1-9-7-10(2)22-16(21-9)24-23-15(25)13-8-12(13)11-5-3-4-6-14(11)17(18,19)20/h3-7,12-13H,8H2,1-2H3,(H,23,25)(H,21,22,24)/t12-,13+/m1/s1. The molecular weight excluding hydrogens is 333 g/mol. The Morgan fingerprint density at radius 2 is 1.80 bits per heavy atom. The molecule has 1 aliphatic rings. The normalized spacial score (nSPS) is 19.4. The number of anilines is 1. The summed E-state index contributed by atoms with van der Waals surface area (Å²) in [5.41, 5.74) is 6.07. The Hall–Kier alpha value is -2.64. The number of hydrazine groups is 1. The van der Waals surface area contributed by atoms with E-state index in [-0.39, 0.29) is 17.4 Å². The van der Waals surface area contributed by atoms with Crippen LogP contribution < -0.4 is 10.9 Å². The number of carbonyl (C=O) groups excluding carboxylic acids is 1. The lowest BCUT2D eigenvalue weighted by Crippen LogP contribution is -2.32. The fourth-order valence-corrected chi connectivity index (χ4v) is 2.90. The fraction of sp³-hybridized carbons (Fsp3) is 0.353. The molecule has 1 aromatic heterocycles. The first-order valence-corrected chi connectivity index (χ1v) is 7.80. The number of carbonyl (C=O) groups is 1. The summed E-state index contributed by atoms with van der Waals surface area (Å²) in [4.78, 5) is 20.4. The summed E-state index contributed by atoms with van der Waals surface area (Å²) in [5.74, 6) is -1.05. The van der Waals surface area contributed by atoms with Gasteiger partial charge >= 0.3 is 6.18 Å². The van der Waals surface area contributed by atoms with Crippen LogP contribution in [0, 0.1) is 19.8 Å². The number of hydrogen-bond acceptors (Lipinski definition) is 4. The van der Waals surface area contributed by atoms with E-state index in [1.807, 2.05) is 0 Å². The second-order valence-electron chi connectivity index (χ2n) is 6.12. The molecule has 0 spiro atoms. The molecule has 25 heavy (non-hydrogen) atoms. The number of rotatable bonds is 4. The van der Waals surface area contributed by atoms with Gasteiger partial charge in [0, 0.05) is 17.3 Å². The first-order chi connectivity index (χ1) is 11.8. The second-order valence-corrected chi connectivity index (χ2v) is 6.12. The molecule has 1 amide bonds. The molecule has 3 rings (SSSR count). The Balaban J connectivity index is 1.65. The highest BCUT2D eigenvalue weighted by Gasteiger charge is 2.47. The highest BCUT2D eigenvalue weighted by Crippen LogP contribution is 2.50. The van der Waals surface area contributed by atoms with E-state index in [0.717, 1.165) is 17.5 Å². The maximum atomic E-state index is 13.1. The van der Waals surface area contributed by atoms with Gasteiger partial charge in [-0.25, -0.2) is 9.97 Å². The third-order valence-electron chi connectivity index (χ3n) is 4.07. The van der Waals surface area contributed by atoms with Crippen molar-refractivity contribution in [2.45, 2.75) is 32.4 Å². The van der Waals surface area contributed by atoms with Gasteiger partial charge in [0.25, 0.3) is 0 Å². The predicted octanol–water partition coefficient (Wildman–Crippen LogP) is 3.36. The van der Waals surface area contributed by atoms with Crippen molar-refractivity contribution in [3.8, 4) is 0 Å². The summed E-state index contributed by atoms with van der Waals surface area (Å²) < 4.78 is 39.2. The van der Waals surface area contributed by atoms with Crippen LogP contribution in [0.2, 0.25) is 0 Å². The van der Waals surface area contributed by atoms with Crippen LogP contribution in [0.25, 0.3) is 0 Å². The van der Waals surface area contributed by atoms with Crippen molar-refractivity contribution < 1.29 is 18.0 Å². The highest BCUT2D eigenvalue weighted by atomic mass is 19.4. The van der Waals surface area contributed by atoms with Crippen molar-refractivity contribution in [1.29, 1.82) is 0 Å². The Morgan fingerprint density at radius 3 is 2.44 bits per heavy atom. The summed E-state index contributed by atoms with van der Waals surface area (Å²) in [5, 5.41) is 0. The van der Waals surface area contributed by atoms with Gasteiger partial charge in [-0.1, -0.05) is 18.2 Å². The molecule has 132 valence electrons. The lowest BCUT2D eigenvalue weighted by molar-refractivity contribution is -0.138. The van der Waals surface area contributed by atoms with Gasteiger partial charge < -0.3 is 0 Å². The van der Waals surface area contributed by atoms with Crippen LogP contribution in [0.1, 0.15) is 34.9 Å². The van der Waals surface area contributed by atoms with Gasteiger partial charge in [0.1, 0.15) is 0 Å². The average Bonchev–Trinajstić information content (AvgIpc) is 3.31. The van der Waals surface area contributed by atoms with Crippen LogP contribution in [-0.2, 0) is 11.0 Å². The minimum Gasteiger partial charge on any atom is -0.273 e. The van der Waals surface area contributed by atoms with Gasteiger partial charge in [0.2, 0.25) is 11.9 Å². The van der Waals surface area contributed by atoms with Gasteiger partial charge in [-0.2, -0.15) is 13.2 Å². The van der Waals surface area contributed by atoms with Gasteiger partial charge in [-0.05, 0) is 43.9 Å². The third kappa shape index (κ3) is 3.89. The van der Waals surface area contributed by atoms with E-state index in [1.54, 1.807) is 26.0 Å². The van der Waals surface area contributed by atoms with Crippen LogP contribution in [-0.4, -0.2) is 15.9 Å². The van der Waals surface area contributed by atoms with Crippen molar-refractivity contribution >= 4 is 11.9 Å². The molecule has 2 N–H and O–H groups in total. The van der Waals surface area contributed by atoms with Crippen LogP contribution >= 0.6 is 0 Å². The molecular formula is C17H17F3N4O. The molecule has 0 radical (unpaired) electrons. The van der Waals surface area contributed by atoms with Crippen LogP contribution in [0.5, 0.6) is 0 Å². The lowest BCUT2D eigenvalue weighted by atomic mass is 10.0. The molecule has 2 atom stereocenters. The Kier molecular flexibility index (Phi) is 4.36. The SMILES string of the molecule is Cc1cc(C)nc(NNC(=O)[C@H]2C[C@@H]2c2ccccc2C(F)(F)F)n1. The van der Waals surface area contributed by atoms with Crippen molar-refractivity contribution in [1.82, 2.24) is 15.4 Å². The minimum absolute atomic E-state index is 0.165. The number of amides is 1. The maximum absolute atomic E-state index is 13.1. The number of nitrogens with zero attached hydrogens (tertiary/aromatic N) is 2. The summed E-state index contributed by atoms with van der Waals surface area (Å²) >= 11 is 0. The smallest absolute Gasteiger partial charge is 0.273 e. The number of halogens is 3. The van der Waals surface area contributed by atoms with E-state index in [9.17, 15) is 18.0 Å². The first kappa shape index (κ1) is 17.2. The molecule has 1 heterocycles. The number of hydrogen-bond donors (Lipinski definition) is 2. The number of aromatic nitrogens is 2. The summed E-state index contributed by atoms with van der Waals surface area (Å²) in [6, 6.07) is 7.17. The number of alkyl halides is 3. The number of aryl methyl sites for hydroxylation is 2. The molecule has 1 aliphatic carbocycles. The summed E-state index contributed by atoms with van der Waals surface area (Å²) in [6.07, 6.45) is -4.04. The Bertz CT molecular complexity index is 786. The zero-order chi connectivity index (χ0) is 18.2. The number of nitrogens with one attached hydrogen (secondary N) is 2. The Morgan fingerprint density at radius 1 is 1.16 bits per heavy atom. The molecule has 0 aliphatic heterocycles. The monoisotopic (exact) mass is 350 g/mol. The second kappa shape index (κ2) is 6.34. The highest BCUT2D eigenvalue weighted by molar-refractivity contribution is 5.83. The summed E-state index contributed by atoms with van der Waals surface area (Å²) in [6.45, 7) is 3.60. The maximum Gasteiger partial charge on any atom is 0.416 e. The first-order valence-electron chi connectivity index (χ1n) is 7.80. The van der Waals surface area contributed by atoms with Gasteiger partial charge in [0.05, 0.1) is 5.56 Å². The van der Waals surface area contributed by atoms with Gasteiger partial charge in [-0.15, -0.1) is 0 Å². The van der Waals surface area contributed by atoms with E-state index in [0.29, 0.717) is 6.42 Å². The van der Waals surface area contributed by atoms with E-state index in [1.165, 1.54) is 12.1 Å². The minimum atomic E-state index is -4.43. The van der Waals surface area contributed by atoms with Crippen molar-refractivity contribution in [2.75, 3.05) is 5.43 Å². The quantitative estimate of drug-likeness (QED) is 0.830. The molecule has 2 aromatic rings. The Labute approximate surface area is 142 Å². The van der Waals surface area contributed by atoms with Gasteiger partial charge in [-0.3, -0.25) is 15.6 Å². The fourth-order valence-electron chi connectivity index (χ4n) is 2.90. The van der Waals surface area contributed by atoms with E-state index >= 15 is 0 Å². The molecule has 1 aromatic carbocycles. The molecule has 0 bridgehead atoms. The zero-order valence-corrected chi connectivity index (χ0v) is 13.7. The molecule has 1 saturated carbocycles. The van der Waals surface area contributed by atoms with Crippen molar-refractivity contribution in [3.63, 3.8) is 0 Å². The molecule has 0 unspecified atom stereocenters.